The van der Waals surface area contributed by atoms with E-state index < -0.39 is 5.41 Å². The third-order valence-corrected chi connectivity index (χ3v) is 2.69. The van der Waals surface area contributed by atoms with E-state index in [4.69, 9.17) is 16.3 Å². The molecule has 1 aromatic carbocycles. The smallest absolute Gasteiger partial charge is 0.138 e. The number of ether oxygens (including phenoxy) is 1. The Morgan fingerprint density at radius 3 is 2.47 bits per heavy atom. The topological polar surface area (TPSA) is 49.7 Å². The Kier molecular flexibility index (Phi) is 3.47. The molecule has 0 radical (unpaired) electrons. The van der Waals surface area contributed by atoms with Gasteiger partial charge in [0.15, 0.2) is 0 Å². The van der Waals surface area contributed by atoms with Gasteiger partial charge >= 0.3 is 0 Å². The van der Waals surface area contributed by atoms with Crippen molar-refractivity contribution in [3.63, 3.8) is 0 Å². The van der Waals surface area contributed by atoms with Crippen molar-refractivity contribution in [2.45, 2.75) is 19.3 Å². The number of methoxy groups -OCH3 is 1. The Bertz CT molecular complexity index is 361. The zero-order valence-corrected chi connectivity index (χ0v) is 9.80. The second-order valence-electron chi connectivity index (χ2n) is 4.05. The van der Waals surface area contributed by atoms with Crippen molar-refractivity contribution in [1.82, 2.24) is 0 Å². The van der Waals surface area contributed by atoms with Gasteiger partial charge in [-0.25, -0.2) is 0 Å². The first-order chi connectivity index (χ1) is 6.92. The maximum atomic E-state index is 9.79. The van der Waals surface area contributed by atoms with Gasteiger partial charge in [-0.05, 0) is 6.07 Å². The fourth-order valence-electron chi connectivity index (χ4n) is 1.29. The second kappa shape index (κ2) is 4.29. The van der Waals surface area contributed by atoms with Gasteiger partial charge in [-0.15, -0.1) is 0 Å². The summed E-state index contributed by atoms with van der Waals surface area (Å²) in [6, 6.07) is 3.21. The van der Waals surface area contributed by atoms with Crippen molar-refractivity contribution >= 4 is 11.6 Å². The standard InChI is InChI=1S/C11H15ClO3/c1-11(2,6-13)8-4-7(15-3)5-9(12)10(8)14/h4-5,13-14H,6H2,1-3H3. The van der Waals surface area contributed by atoms with Crippen molar-refractivity contribution in [1.29, 1.82) is 0 Å². The number of benzene rings is 1. The minimum Gasteiger partial charge on any atom is -0.506 e. The van der Waals surface area contributed by atoms with Crippen molar-refractivity contribution in [2.75, 3.05) is 13.7 Å². The quantitative estimate of drug-likeness (QED) is 0.838. The maximum Gasteiger partial charge on any atom is 0.138 e. The van der Waals surface area contributed by atoms with E-state index in [1.54, 1.807) is 6.07 Å². The van der Waals surface area contributed by atoms with E-state index in [1.807, 2.05) is 13.8 Å². The number of hydrogen-bond acceptors (Lipinski definition) is 3. The molecule has 0 fully saturated rings. The molecule has 1 rings (SSSR count). The highest BCUT2D eigenvalue weighted by Crippen LogP contribution is 2.38. The van der Waals surface area contributed by atoms with Gasteiger partial charge < -0.3 is 14.9 Å². The van der Waals surface area contributed by atoms with Gasteiger partial charge in [-0.3, -0.25) is 0 Å². The van der Waals surface area contributed by atoms with E-state index in [2.05, 4.69) is 0 Å². The van der Waals surface area contributed by atoms with E-state index in [1.165, 1.54) is 13.2 Å². The maximum absolute atomic E-state index is 9.79. The highest BCUT2D eigenvalue weighted by Gasteiger charge is 2.25. The fraction of sp³-hybridized carbons (Fsp3) is 0.455. The van der Waals surface area contributed by atoms with Crippen molar-refractivity contribution in [3.05, 3.63) is 22.7 Å². The molecule has 0 saturated carbocycles. The molecule has 0 unspecified atom stereocenters. The number of aliphatic hydroxyl groups excluding tert-OH is 1. The first kappa shape index (κ1) is 12.1. The molecule has 0 amide bonds. The Morgan fingerprint density at radius 2 is 2.00 bits per heavy atom. The predicted molar refractivity (Wildman–Crippen MR) is 59.8 cm³/mol. The van der Waals surface area contributed by atoms with E-state index in [9.17, 15) is 10.2 Å². The largest absolute Gasteiger partial charge is 0.506 e. The summed E-state index contributed by atoms with van der Waals surface area (Å²) in [6.07, 6.45) is 0. The lowest BCUT2D eigenvalue weighted by Gasteiger charge is -2.24. The number of hydrogen-bond donors (Lipinski definition) is 2. The van der Waals surface area contributed by atoms with Crippen molar-refractivity contribution in [3.8, 4) is 11.5 Å². The van der Waals surface area contributed by atoms with E-state index in [0.717, 1.165) is 0 Å². The molecule has 0 bridgehead atoms. The minimum absolute atomic E-state index is 0.00323. The van der Waals surface area contributed by atoms with Crippen LogP contribution >= 0.6 is 11.6 Å². The lowest BCUT2D eigenvalue weighted by molar-refractivity contribution is 0.215. The molecule has 0 aliphatic carbocycles. The number of aliphatic hydroxyl groups is 1. The van der Waals surface area contributed by atoms with Crippen LogP contribution in [0.5, 0.6) is 11.5 Å². The lowest BCUT2D eigenvalue weighted by Crippen LogP contribution is -2.22. The van der Waals surface area contributed by atoms with Crippen LogP contribution < -0.4 is 4.74 Å². The van der Waals surface area contributed by atoms with E-state index >= 15 is 0 Å². The van der Waals surface area contributed by atoms with Crippen LogP contribution in [0.4, 0.5) is 0 Å². The number of phenolic OH excluding ortho intramolecular Hbond substituents is 1. The van der Waals surface area contributed by atoms with Crippen molar-refractivity contribution < 1.29 is 14.9 Å². The van der Waals surface area contributed by atoms with Gasteiger partial charge in [-0.2, -0.15) is 0 Å². The Balaban J connectivity index is 3.34. The van der Waals surface area contributed by atoms with E-state index in [-0.39, 0.29) is 17.4 Å². The summed E-state index contributed by atoms with van der Waals surface area (Å²) in [5, 5.41) is 19.2. The number of phenols is 1. The molecule has 84 valence electrons. The SMILES string of the molecule is COc1cc(Cl)c(O)c(C(C)(C)CO)c1. The second-order valence-corrected chi connectivity index (χ2v) is 4.45. The van der Waals surface area contributed by atoms with Crippen LogP contribution in [0.2, 0.25) is 5.02 Å². The molecular formula is C11H15ClO3. The molecule has 0 saturated heterocycles. The number of rotatable bonds is 3. The number of halogens is 1. The summed E-state index contributed by atoms with van der Waals surface area (Å²) in [4.78, 5) is 0. The Hall–Kier alpha value is -0.930. The van der Waals surface area contributed by atoms with Crippen LogP contribution in [-0.4, -0.2) is 23.9 Å². The molecular weight excluding hydrogens is 216 g/mol. The Morgan fingerprint density at radius 1 is 1.40 bits per heavy atom. The zero-order chi connectivity index (χ0) is 11.6. The molecule has 0 spiro atoms. The Labute approximate surface area is 94.3 Å². The van der Waals surface area contributed by atoms with Crippen LogP contribution in [0.25, 0.3) is 0 Å². The van der Waals surface area contributed by atoms with Gasteiger partial charge in [0.05, 0.1) is 18.7 Å². The minimum atomic E-state index is -0.553. The van der Waals surface area contributed by atoms with Crippen molar-refractivity contribution in [2.24, 2.45) is 0 Å². The monoisotopic (exact) mass is 230 g/mol. The summed E-state index contributed by atoms with van der Waals surface area (Å²) in [5.41, 5.74) is 0.0248. The van der Waals surface area contributed by atoms with Crippen LogP contribution in [0.1, 0.15) is 19.4 Å². The summed E-state index contributed by atoms with van der Waals surface area (Å²) in [5.74, 6) is 0.561. The fourth-order valence-corrected chi connectivity index (χ4v) is 1.50. The molecule has 0 aromatic heterocycles. The first-order valence-electron chi connectivity index (χ1n) is 4.60. The van der Waals surface area contributed by atoms with Gasteiger partial charge in [0.1, 0.15) is 11.5 Å². The van der Waals surface area contributed by atoms with E-state index in [0.29, 0.717) is 11.3 Å². The van der Waals surface area contributed by atoms with Gasteiger partial charge in [0.2, 0.25) is 0 Å². The molecule has 4 heteroatoms. The molecule has 0 aliphatic rings. The predicted octanol–water partition coefficient (Wildman–Crippen LogP) is 2.32. The molecule has 0 aliphatic heterocycles. The van der Waals surface area contributed by atoms with Crippen LogP contribution in [0.3, 0.4) is 0 Å². The highest BCUT2D eigenvalue weighted by atomic mass is 35.5. The van der Waals surface area contributed by atoms with Crippen LogP contribution in [0.15, 0.2) is 12.1 Å². The lowest BCUT2D eigenvalue weighted by atomic mass is 9.85. The summed E-state index contributed by atoms with van der Waals surface area (Å²) >= 11 is 5.85. The van der Waals surface area contributed by atoms with Gasteiger partial charge in [0, 0.05) is 17.0 Å². The van der Waals surface area contributed by atoms with Gasteiger partial charge in [-0.1, -0.05) is 25.4 Å². The molecule has 15 heavy (non-hydrogen) atoms. The third kappa shape index (κ3) is 2.36. The summed E-state index contributed by atoms with van der Waals surface area (Å²) in [6.45, 7) is 3.56. The molecule has 2 N–H and O–H groups in total. The van der Waals surface area contributed by atoms with Gasteiger partial charge in [0.25, 0.3) is 0 Å². The first-order valence-corrected chi connectivity index (χ1v) is 4.98. The molecule has 0 heterocycles. The molecule has 0 atom stereocenters. The summed E-state index contributed by atoms with van der Waals surface area (Å²) < 4.78 is 5.05. The molecule has 1 aromatic rings. The average Bonchev–Trinajstić information content (AvgIpc) is 2.21. The number of aromatic hydroxyl groups is 1. The molecule has 3 nitrogen and oxygen atoms in total. The normalized spacial score (nSPS) is 11.5. The average molecular weight is 231 g/mol. The summed E-state index contributed by atoms with van der Waals surface area (Å²) in [7, 11) is 1.53. The van der Waals surface area contributed by atoms with Crippen LogP contribution in [-0.2, 0) is 5.41 Å². The zero-order valence-electron chi connectivity index (χ0n) is 9.04. The third-order valence-electron chi connectivity index (χ3n) is 2.40. The highest BCUT2D eigenvalue weighted by molar-refractivity contribution is 6.32. The van der Waals surface area contributed by atoms with Crippen LogP contribution in [0, 0.1) is 0 Å².